The molecule has 144 valence electrons. The third-order valence-corrected chi connectivity index (χ3v) is 5.91. The summed E-state index contributed by atoms with van der Waals surface area (Å²) in [6, 6.07) is 19.8. The van der Waals surface area contributed by atoms with E-state index >= 15 is 0 Å². The number of nitro groups is 1. The van der Waals surface area contributed by atoms with Gasteiger partial charge in [0.05, 0.1) is 4.92 Å². The number of hydrogen-bond donors (Lipinski definition) is 0. The number of para-hydroxylation sites is 1. The average molecular weight is 449 g/mol. The van der Waals surface area contributed by atoms with Gasteiger partial charge in [-0.2, -0.15) is 0 Å². The van der Waals surface area contributed by atoms with Gasteiger partial charge in [0.15, 0.2) is 0 Å². The standard InChI is InChI=1S/C23H17BrN2O3/c1-2-25-19-6-4-3-5-17(19)18-12-14(7-9-20(18)25)23-21(26(27)28)13-15-11-16(24)8-10-22(15)29-23/h3-13,23H,2H2,1H3. The normalized spacial score (nSPS) is 15.8. The van der Waals surface area contributed by atoms with E-state index in [9.17, 15) is 10.1 Å². The number of hydrogen-bond acceptors (Lipinski definition) is 3. The number of ether oxygens (including phenoxy) is 1. The minimum Gasteiger partial charge on any atom is -0.474 e. The molecule has 0 fully saturated rings. The Morgan fingerprint density at radius 3 is 2.66 bits per heavy atom. The van der Waals surface area contributed by atoms with Crippen LogP contribution in [-0.2, 0) is 6.54 Å². The van der Waals surface area contributed by atoms with Crippen LogP contribution in [0.5, 0.6) is 5.75 Å². The third-order valence-electron chi connectivity index (χ3n) is 5.41. The van der Waals surface area contributed by atoms with Crippen LogP contribution in [0.4, 0.5) is 0 Å². The van der Waals surface area contributed by atoms with Crippen molar-refractivity contribution in [2.24, 2.45) is 0 Å². The molecule has 6 heteroatoms. The molecule has 0 amide bonds. The van der Waals surface area contributed by atoms with Gasteiger partial charge in [0.1, 0.15) is 5.75 Å². The van der Waals surface area contributed by atoms with Gasteiger partial charge in [0.2, 0.25) is 6.10 Å². The fraction of sp³-hybridized carbons (Fsp3) is 0.130. The highest BCUT2D eigenvalue weighted by molar-refractivity contribution is 9.10. The minimum absolute atomic E-state index is 0.0363. The fourth-order valence-corrected chi connectivity index (χ4v) is 4.50. The molecule has 1 aliphatic heterocycles. The van der Waals surface area contributed by atoms with Crippen molar-refractivity contribution in [3.63, 3.8) is 0 Å². The van der Waals surface area contributed by atoms with Crippen molar-refractivity contribution in [1.82, 2.24) is 4.57 Å². The molecule has 1 aromatic heterocycles. The monoisotopic (exact) mass is 448 g/mol. The first-order valence-electron chi connectivity index (χ1n) is 9.40. The zero-order valence-corrected chi connectivity index (χ0v) is 17.2. The summed E-state index contributed by atoms with van der Waals surface area (Å²) >= 11 is 3.41. The van der Waals surface area contributed by atoms with Gasteiger partial charge in [-0.15, -0.1) is 0 Å². The van der Waals surface area contributed by atoms with E-state index in [4.69, 9.17) is 4.74 Å². The van der Waals surface area contributed by atoms with Crippen molar-refractivity contribution < 1.29 is 9.66 Å². The molecule has 0 radical (unpaired) electrons. The van der Waals surface area contributed by atoms with E-state index < -0.39 is 6.10 Å². The van der Waals surface area contributed by atoms with Crippen molar-refractivity contribution in [1.29, 1.82) is 0 Å². The molecule has 0 bridgehead atoms. The van der Waals surface area contributed by atoms with Crippen LogP contribution in [0, 0.1) is 10.1 Å². The molecule has 4 aromatic rings. The summed E-state index contributed by atoms with van der Waals surface area (Å²) in [5, 5.41) is 14.0. The van der Waals surface area contributed by atoms with E-state index in [1.54, 1.807) is 6.08 Å². The molecule has 0 N–H and O–H groups in total. The highest BCUT2D eigenvalue weighted by Crippen LogP contribution is 2.40. The molecular formula is C23H17BrN2O3. The second-order valence-corrected chi connectivity index (χ2v) is 7.96. The first-order chi connectivity index (χ1) is 14.1. The average Bonchev–Trinajstić information content (AvgIpc) is 3.05. The molecule has 2 heterocycles. The van der Waals surface area contributed by atoms with Gasteiger partial charge in [0.25, 0.3) is 5.70 Å². The number of aromatic nitrogens is 1. The van der Waals surface area contributed by atoms with Gasteiger partial charge in [-0.25, -0.2) is 0 Å². The second kappa shape index (κ2) is 6.74. The van der Waals surface area contributed by atoms with Gasteiger partial charge < -0.3 is 9.30 Å². The second-order valence-electron chi connectivity index (χ2n) is 7.04. The molecule has 5 nitrogen and oxygen atoms in total. The quantitative estimate of drug-likeness (QED) is 0.271. The molecule has 3 aromatic carbocycles. The van der Waals surface area contributed by atoms with Crippen LogP contribution < -0.4 is 4.74 Å². The van der Waals surface area contributed by atoms with Gasteiger partial charge in [0, 0.05) is 50.0 Å². The van der Waals surface area contributed by atoms with Crippen molar-refractivity contribution in [3.8, 4) is 5.75 Å². The fourth-order valence-electron chi connectivity index (χ4n) is 4.12. The molecule has 0 saturated carbocycles. The largest absolute Gasteiger partial charge is 0.474 e. The van der Waals surface area contributed by atoms with Crippen LogP contribution in [0.1, 0.15) is 24.2 Å². The van der Waals surface area contributed by atoms with E-state index in [2.05, 4.69) is 39.6 Å². The van der Waals surface area contributed by atoms with E-state index in [0.29, 0.717) is 11.3 Å². The van der Waals surface area contributed by atoms with Crippen LogP contribution in [0.3, 0.4) is 0 Å². The molecule has 1 atom stereocenters. The highest BCUT2D eigenvalue weighted by Gasteiger charge is 2.33. The molecule has 0 spiro atoms. The topological polar surface area (TPSA) is 57.3 Å². The SMILES string of the molecule is CCn1c2ccccc2c2cc(C3Oc4ccc(Br)cc4C=C3[N+](=O)[O-])ccc21. The zero-order chi connectivity index (χ0) is 20.1. The van der Waals surface area contributed by atoms with E-state index in [1.165, 1.54) is 0 Å². The summed E-state index contributed by atoms with van der Waals surface area (Å²) in [5.74, 6) is 0.639. The Bertz CT molecular complexity index is 1320. The Morgan fingerprint density at radius 2 is 1.86 bits per heavy atom. The van der Waals surface area contributed by atoms with E-state index in [1.807, 2.05) is 48.5 Å². The predicted octanol–water partition coefficient (Wildman–Crippen LogP) is 6.33. The highest BCUT2D eigenvalue weighted by atomic mass is 79.9. The molecule has 29 heavy (non-hydrogen) atoms. The summed E-state index contributed by atoms with van der Waals surface area (Å²) in [5.41, 5.74) is 3.78. The van der Waals surface area contributed by atoms with Crippen molar-refractivity contribution in [2.45, 2.75) is 19.6 Å². The minimum atomic E-state index is -0.758. The lowest BCUT2D eigenvalue weighted by molar-refractivity contribution is -0.434. The predicted molar refractivity (Wildman–Crippen MR) is 118 cm³/mol. The van der Waals surface area contributed by atoms with Crippen molar-refractivity contribution >= 4 is 43.8 Å². The lowest BCUT2D eigenvalue weighted by atomic mass is 9.99. The smallest absolute Gasteiger partial charge is 0.291 e. The zero-order valence-electron chi connectivity index (χ0n) is 15.6. The van der Waals surface area contributed by atoms with Crippen LogP contribution in [0.2, 0.25) is 0 Å². The summed E-state index contributed by atoms with van der Waals surface area (Å²) in [4.78, 5) is 11.4. The lowest BCUT2D eigenvalue weighted by Crippen LogP contribution is -2.19. The van der Waals surface area contributed by atoms with Gasteiger partial charge in [-0.3, -0.25) is 10.1 Å². The molecule has 1 aliphatic rings. The Balaban J connectivity index is 1.70. The summed E-state index contributed by atoms with van der Waals surface area (Å²) < 4.78 is 9.21. The number of nitrogens with zero attached hydrogens (tertiary/aromatic N) is 2. The third kappa shape index (κ3) is 2.83. The maximum absolute atomic E-state index is 11.8. The Labute approximate surface area is 175 Å². The van der Waals surface area contributed by atoms with E-state index in [-0.39, 0.29) is 10.6 Å². The van der Waals surface area contributed by atoms with Crippen molar-refractivity contribution in [3.05, 3.63) is 92.1 Å². The number of benzene rings is 3. The number of halogens is 1. The number of rotatable bonds is 3. The number of fused-ring (bicyclic) bond motifs is 4. The maximum atomic E-state index is 11.8. The van der Waals surface area contributed by atoms with Gasteiger partial charge >= 0.3 is 0 Å². The van der Waals surface area contributed by atoms with Crippen LogP contribution in [-0.4, -0.2) is 9.49 Å². The van der Waals surface area contributed by atoms with Gasteiger partial charge in [-0.05, 0) is 43.3 Å². The lowest BCUT2D eigenvalue weighted by Gasteiger charge is -2.23. The molecular weight excluding hydrogens is 432 g/mol. The van der Waals surface area contributed by atoms with Crippen LogP contribution in [0.25, 0.3) is 27.9 Å². The number of aryl methyl sites for hydroxylation is 1. The van der Waals surface area contributed by atoms with E-state index in [0.717, 1.165) is 38.4 Å². The summed E-state index contributed by atoms with van der Waals surface area (Å²) in [7, 11) is 0. The maximum Gasteiger partial charge on any atom is 0.291 e. The van der Waals surface area contributed by atoms with Gasteiger partial charge in [-0.1, -0.05) is 40.2 Å². The molecule has 5 rings (SSSR count). The van der Waals surface area contributed by atoms with Crippen LogP contribution in [0.15, 0.2) is 70.8 Å². The molecule has 0 aliphatic carbocycles. The van der Waals surface area contributed by atoms with Crippen LogP contribution >= 0.6 is 15.9 Å². The first-order valence-corrected chi connectivity index (χ1v) is 10.2. The summed E-state index contributed by atoms with van der Waals surface area (Å²) in [6.45, 7) is 2.97. The Hall–Kier alpha value is -3.12. The molecule has 1 unspecified atom stereocenters. The Kier molecular flexibility index (Phi) is 4.17. The van der Waals surface area contributed by atoms with Crippen molar-refractivity contribution in [2.75, 3.05) is 0 Å². The Morgan fingerprint density at radius 1 is 1.07 bits per heavy atom. The summed E-state index contributed by atoms with van der Waals surface area (Å²) in [6.07, 6.45) is 0.847. The molecule has 0 saturated heterocycles. The first kappa shape index (κ1) is 17.9.